The van der Waals surface area contributed by atoms with E-state index in [-0.39, 0.29) is 17.4 Å². The minimum atomic E-state index is -0.253. The molecule has 0 fully saturated rings. The molecule has 0 N–H and O–H groups in total. The number of fused-ring (bicyclic) bond motifs is 1. The second-order valence-corrected chi connectivity index (χ2v) is 8.81. The first-order chi connectivity index (χ1) is 16.5. The van der Waals surface area contributed by atoms with E-state index in [0.717, 1.165) is 30.6 Å². The van der Waals surface area contributed by atoms with Gasteiger partial charge in [0.05, 0.1) is 18.8 Å². The number of aromatic nitrogens is 2. The van der Waals surface area contributed by atoms with Crippen molar-refractivity contribution >= 4 is 11.1 Å². The van der Waals surface area contributed by atoms with Gasteiger partial charge in [0.25, 0.3) is 5.56 Å². The largest absolute Gasteiger partial charge is 0.446 e. The summed E-state index contributed by atoms with van der Waals surface area (Å²) in [6.45, 7) is 4.74. The Kier molecular flexibility index (Phi) is 7.55. The van der Waals surface area contributed by atoms with Crippen LogP contribution >= 0.6 is 0 Å². The van der Waals surface area contributed by atoms with Crippen molar-refractivity contribution in [3.8, 4) is 0 Å². The molecule has 0 aliphatic heterocycles. The number of benzene rings is 2. The Bertz CT molecular complexity index is 1270. The zero-order chi connectivity index (χ0) is 24.1. The fourth-order valence-electron chi connectivity index (χ4n) is 4.24. The molecular weight excluding hydrogens is 431 g/mol. The Labute approximate surface area is 199 Å². The molecule has 0 aliphatic rings. The van der Waals surface area contributed by atoms with Crippen molar-refractivity contribution in [2.75, 3.05) is 27.2 Å². The Morgan fingerprint density at radius 1 is 1.00 bits per heavy atom. The molecule has 0 bridgehead atoms. The number of nitrogens with zero attached hydrogens (tertiary/aromatic N) is 4. The highest BCUT2D eigenvalue weighted by Gasteiger charge is 2.26. The highest BCUT2D eigenvalue weighted by molar-refractivity contribution is 5.71. The summed E-state index contributed by atoms with van der Waals surface area (Å²) in [6, 6.07) is 18.1. The smallest absolute Gasteiger partial charge is 0.265 e. The molecule has 1 atom stereocenters. The minimum absolute atomic E-state index is 0.106. The van der Waals surface area contributed by atoms with Crippen LogP contribution in [0.15, 0.2) is 76.1 Å². The second kappa shape index (κ2) is 10.8. The van der Waals surface area contributed by atoms with Gasteiger partial charge in [0.1, 0.15) is 17.0 Å². The molecular formula is C27H31FN4O2. The van der Waals surface area contributed by atoms with Gasteiger partial charge in [-0.2, -0.15) is 4.98 Å². The number of hydrogen-bond acceptors (Lipinski definition) is 5. The van der Waals surface area contributed by atoms with Crippen LogP contribution in [-0.4, -0.2) is 46.5 Å². The lowest BCUT2D eigenvalue weighted by molar-refractivity contribution is 0.155. The molecule has 34 heavy (non-hydrogen) atoms. The van der Waals surface area contributed by atoms with Crippen molar-refractivity contribution in [1.29, 1.82) is 0 Å². The van der Waals surface area contributed by atoms with E-state index in [2.05, 4.69) is 16.7 Å². The Hall–Kier alpha value is -3.29. The molecule has 0 aliphatic carbocycles. The first kappa shape index (κ1) is 23.9. The number of halogens is 1. The van der Waals surface area contributed by atoms with Crippen LogP contribution in [0.5, 0.6) is 0 Å². The summed E-state index contributed by atoms with van der Waals surface area (Å²) in [5.41, 5.74) is 2.29. The molecule has 0 amide bonds. The third-order valence-corrected chi connectivity index (χ3v) is 6.06. The highest BCUT2D eigenvalue weighted by atomic mass is 19.1. The lowest BCUT2D eigenvalue weighted by Gasteiger charge is -2.33. The van der Waals surface area contributed by atoms with E-state index in [1.54, 1.807) is 10.6 Å². The summed E-state index contributed by atoms with van der Waals surface area (Å²) < 4.78 is 20.8. The normalized spacial score (nSPS) is 12.6. The molecule has 0 spiro atoms. The first-order valence-electron chi connectivity index (χ1n) is 11.6. The van der Waals surface area contributed by atoms with Crippen molar-refractivity contribution in [2.24, 2.45) is 0 Å². The van der Waals surface area contributed by atoms with Gasteiger partial charge >= 0.3 is 0 Å². The quantitative estimate of drug-likeness (QED) is 0.342. The Morgan fingerprint density at radius 2 is 1.74 bits per heavy atom. The van der Waals surface area contributed by atoms with Crippen LogP contribution in [0.25, 0.3) is 11.1 Å². The standard InChI is InChI=1S/C27H31FN4O2/c1-4-24(31(16-15-30(2)3)18-21-10-12-22(28)13-11-21)25-29-26-23(14-17-34-26)27(33)32(25)19-20-8-6-5-7-9-20/h5-14,17,24H,4,15-16,18-19H2,1-3H3. The van der Waals surface area contributed by atoms with Crippen LogP contribution in [0, 0.1) is 5.82 Å². The molecule has 0 radical (unpaired) electrons. The average Bonchev–Trinajstić information content (AvgIpc) is 3.31. The molecule has 7 heteroatoms. The number of furan rings is 1. The van der Waals surface area contributed by atoms with Crippen LogP contribution in [0.4, 0.5) is 4.39 Å². The molecule has 1 unspecified atom stereocenters. The molecule has 178 valence electrons. The van der Waals surface area contributed by atoms with E-state index in [4.69, 9.17) is 9.40 Å². The summed E-state index contributed by atoms with van der Waals surface area (Å²) in [4.78, 5) is 22.8. The van der Waals surface area contributed by atoms with Gasteiger partial charge < -0.3 is 9.32 Å². The van der Waals surface area contributed by atoms with Crippen molar-refractivity contribution in [3.63, 3.8) is 0 Å². The molecule has 4 rings (SSSR count). The predicted octanol–water partition coefficient (Wildman–Crippen LogP) is 4.69. The molecule has 0 saturated carbocycles. The maximum absolute atomic E-state index is 13.5. The van der Waals surface area contributed by atoms with E-state index in [0.29, 0.717) is 30.0 Å². The van der Waals surface area contributed by atoms with Gasteiger partial charge in [0.2, 0.25) is 5.71 Å². The van der Waals surface area contributed by atoms with Crippen LogP contribution in [-0.2, 0) is 13.1 Å². The summed E-state index contributed by atoms with van der Waals surface area (Å²) in [5, 5.41) is 0.480. The van der Waals surface area contributed by atoms with Gasteiger partial charge in [0.15, 0.2) is 0 Å². The van der Waals surface area contributed by atoms with Crippen molar-refractivity contribution in [3.05, 3.63) is 100 Å². The SMILES string of the molecule is CCC(c1nc2occc2c(=O)n1Cc1ccccc1)N(CCN(C)C)Cc1ccc(F)cc1. The van der Waals surface area contributed by atoms with E-state index in [9.17, 15) is 9.18 Å². The van der Waals surface area contributed by atoms with Gasteiger partial charge in [-0.15, -0.1) is 0 Å². The maximum atomic E-state index is 13.5. The predicted molar refractivity (Wildman–Crippen MR) is 132 cm³/mol. The Morgan fingerprint density at radius 3 is 2.41 bits per heavy atom. The van der Waals surface area contributed by atoms with Gasteiger partial charge in [-0.25, -0.2) is 4.39 Å². The third kappa shape index (κ3) is 5.43. The van der Waals surface area contributed by atoms with Crippen LogP contribution in [0.1, 0.15) is 36.3 Å². The summed E-state index contributed by atoms with van der Waals surface area (Å²) in [6.07, 6.45) is 2.26. The van der Waals surface area contributed by atoms with Crippen molar-refractivity contribution < 1.29 is 8.81 Å². The number of hydrogen-bond donors (Lipinski definition) is 0. The lowest BCUT2D eigenvalue weighted by atomic mass is 10.1. The maximum Gasteiger partial charge on any atom is 0.265 e. The zero-order valence-electron chi connectivity index (χ0n) is 19.9. The third-order valence-electron chi connectivity index (χ3n) is 6.06. The van der Waals surface area contributed by atoms with Crippen LogP contribution < -0.4 is 5.56 Å². The minimum Gasteiger partial charge on any atom is -0.446 e. The van der Waals surface area contributed by atoms with E-state index in [1.807, 2.05) is 56.6 Å². The summed E-state index contributed by atoms with van der Waals surface area (Å²) >= 11 is 0. The number of likely N-dealkylation sites (N-methyl/N-ethyl adjacent to an activating group) is 1. The summed E-state index contributed by atoms with van der Waals surface area (Å²) in [5.74, 6) is 0.428. The van der Waals surface area contributed by atoms with E-state index < -0.39 is 0 Å². The van der Waals surface area contributed by atoms with Gasteiger partial charge in [0, 0.05) is 19.6 Å². The fourth-order valence-corrected chi connectivity index (χ4v) is 4.24. The topological polar surface area (TPSA) is 54.5 Å². The Balaban J connectivity index is 1.79. The average molecular weight is 463 g/mol. The second-order valence-electron chi connectivity index (χ2n) is 8.81. The lowest BCUT2D eigenvalue weighted by Crippen LogP contribution is -2.38. The molecule has 6 nitrogen and oxygen atoms in total. The van der Waals surface area contributed by atoms with Gasteiger partial charge in [-0.05, 0) is 49.8 Å². The molecule has 2 aromatic heterocycles. The van der Waals surface area contributed by atoms with Crippen LogP contribution in [0.2, 0.25) is 0 Å². The highest BCUT2D eigenvalue weighted by Crippen LogP contribution is 2.26. The molecule has 4 aromatic rings. The fraction of sp³-hybridized carbons (Fsp3) is 0.333. The molecule has 2 aromatic carbocycles. The van der Waals surface area contributed by atoms with Crippen molar-refractivity contribution in [1.82, 2.24) is 19.4 Å². The van der Waals surface area contributed by atoms with Crippen LogP contribution in [0.3, 0.4) is 0 Å². The summed E-state index contributed by atoms with van der Waals surface area (Å²) in [7, 11) is 4.07. The number of rotatable bonds is 10. The van der Waals surface area contributed by atoms with Crippen molar-refractivity contribution in [2.45, 2.75) is 32.5 Å². The van der Waals surface area contributed by atoms with E-state index >= 15 is 0 Å². The monoisotopic (exact) mass is 462 g/mol. The van der Waals surface area contributed by atoms with E-state index in [1.165, 1.54) is 18.4 Å². The molecule has 2 heterocycles. The molecule has 0 saturated heterocycles. The van der Waals surface area contributed by atoms with Gasteiger partial charge in [-0.3, -0.25) is 14.3 Å². The van der Waals surface area contributed by atoms with Gasteiger partial charge in [-0.1, -0.05) is 49.4 Å². The first-order valence-corrected chi connectivity index (χ1v) is 11.6. The zero-order valence-corrected chi connectivity index (χ0v) is 19.9.